The number of benzene rings is 2. The van der Waals surface area contributed by atoms with Crippen LogP contribution in [0.15, 0.2) is 42.5 Å². The number of nitro groups is 1. The molecule has 1 N–H and O–H groups in total. The van der Waals surface area contributed by atoms with Crippen LogP contribution in [0.1, 0.15) is 10.4 Å². The van der Waals surface area contributed by atoms with Crippen LogP contribution in [0.2, 0.25) is 10.0 Å². The van der Waals surface area contributed by atoms with E-state index < -0.39 is 23.4 Å². The average Bonchev–Trinajstić information content (AvgIpc) is 2.54. The SMILES string of the molecule is O=C(COC(=O)c1cccc(Cl)c1)Nc1ccc(Cl)cc1[N+](=O)[O-]. The first kappa shape index (κ1) is 17.7. The van der Waals surface area contributed by atoms with Crippen molar-refractivity contribution in [2.75, 3.05) is 11.9 Å². The number of nitrogens with zero attached hydrogens (tertiary/aromatic N) is 1. The van der Waals surface area contributed by atoms with Crippen molar-refractivity contribution in [2.24, 2.45) is 0 Å². The molecule has 7 nitrogen and oxygen atoms in total. The Kier molecular flexibility index (Phi) is 5.73. The lowest BCUT2D eigenvalue weighted by Crippen LogP contribution is -2.21. The van der Waals surface area contributed by atoms with Crippen LogP contribution in [0.3, 0.4) is 0 Å². The Morgan fingerprint density at radius 3 is 2.50 bits per heavy atom. The molecule has 0 atom stereocenters. The van der Waals surface area contributed by atoms with Crippen LogP contribution < -0.4 is 5.32 Å². The number of hydrogen-bond donors (Lipinski definition) is 1. The second-order valence-electron chi connectivity index (χ2n) is 4.55. The number of carbonyl (C=O) groups excluding carboxylic acids is 2. The van der Waals surface area contributed by atoms with Gasteiger partial charge in [0.25, 0.3) is 11.6 Å². The molecular weight excluding hydrogens is 359 g/mol. The predicted molar refractivity (Wildman–Crippen MR) is 88.5 cm³/mol. The zero-order valence-electron chi connectivity index (χ0n) is 12.0. The largest absolute Gasteiger partial charge is 0.452 e. The highest BCUT2D eigenvalue weighted by Gasteiger charge is 2.17. The molecule has 0 spiro atoms. The fourth-order valence-corrected chi connectivity index (χ4v) is 2.13. The van der Waals surface area contributed by atoms with Gasteiger partial charge in [-0.2, -0.15) is 0 Å². The van der Waals surface area contributed by atoms with Crippen molar-refractivity contribution in [3.63, 3.8) is 0 Å². The van der Waals surface area contributed by atoms with Crippen molar-refractivity contribution in [2.45, 2.75) is 0 Å². The molecule has 0 aliphatic carbocycles. The molecule has 9 heteroatoms. The summed E-state index contributed by atoms with van der Waals surface area (Å²) in [6.07, 6.45) is 0. The zero-order chi connectivity index (χ0) is 17.7. The number of carbonyl (C=O) groups is 2. The first-order chi connectivity index (χ1) is 11.4. The number of nitro benzene ring substituents is 1. The van der Waals surface area contributed by atoms with Gasteiger partial charge in [-0.25, -0.2) is 4.79 Å². The molecule has 0 aliphatic heterocycles. The van der Waals surface area contributed by atoms with E-state index in [1.54, 1.807) is 12.1 Å². The van der Waals surface area contributed by atoms with Gasteiger partial charge in [-0.3, -0.25) is 14.9 Å². The second kappa shape index (κ2) is 7.76. The van der Waals surface area contributed by atoms with Gasteiger partial charge in [0.2, 0.25) is 0 Å². The van der Waals surface area contributed by atoms with E-state index in [1.807, 2.05) is 0 Å². The van der Waals surface area contributed by atoms with Gasteiger partial charge in [0.05, 0.1) is 10.5 Å². The maximum absolute atomic E-state index is 11.8. The van der Waals surface area contributed by atoms with Crippen LogP contribution in [-0.4, -0.2) is 23.4 Å². The first-order valence-electron chi connectivity index (χ1n) is 6.53. The van der Waals surface area contributed by atoms with E-state index in [2.05, 4.69) is 5.32 Å². The molecule has 24 heavy (non-hydrogen) atoms. The molecule has 2 aromatic rings. The number of halogens is 2. The maximum Gasteiger partial charge on any atom is 0.338 e. The summed E-state index contributed by atoms with van der Waals surface area (Å²) in [4.78, 5) is 33.8. The molecule has 0 radical (unpaired) electrons. The standard InChI is InChI=1S/C15H10Cl2N2O5/c16-10-3-1-2-9(6-10)15(21)24-8-14(20)18-12-5-4-11(17)7-13(12)19(22)23/h1-7H,8H2,(H,18,20). The Bertz CT molecular complexity index is 810. The van der Waals surface area contributed by atoms with Gasteiger partial charge < -0.3 is 10.1 Å². The van der Waals surface area contributed by atoms with Crippen LogP contribution in [0.5, 0.6) is 0 Å². The van der Waals surface area contributed by atoms with Crippen LogP contribution >= 0.6 is 23.2 Å². The molecule has 1 amide bonds. The monoisotopic (exact) mass is 368 g/mol. The third-order valence-corrected chi connectivity index (χ3v) is 3.30. The third kappa shape index (κ3) is 4.68. The fourth-order valence-electron chi connectivity index (χ4n) is 1.78. The third-order valence-electron chi connectivity index (χ3n) is 2.83. The highest BCUT2D eigenvalue weighted by Crippen LogP contribution is 2.27. The summed E-state index contributed by atoms with van der Waals surface area (Å²) < 4.78 is 4.84. The van der Waals surface area contributed by atoms with E-state index in [0.29, 0.717) is 5.02 Å². The summed E-state index contributed by atoms with van der Waals surface area (Å²) in [5.41, 5.74) is -0.224. The summed E-state index contributed by atoms with van der Waals surface area (Å²) in [5, 5.41) is 13.7. The number of rotatable bonds is 5. The molecule has 124 valence electrons. The molecule has 0 bridgehead atoms. The van der Waals surface area contributed by atoms with E-state index in [4.69, 9.17) is 27.9 Å². The average molecular weight is 369 g/mol. The van der Waals surface area contributed by atoms with Crippen molar-refractivity contribution in [3.05, 3.63) is 68.2 Å². The van der Waals surface area contributed by atoms with Gasteiger partial charge in [-0.1, -0.05) is 29.3 Å². The molecule has 0 aliphatic rings. The van der Waals surface area contributed by atoms with Crippen molar-refractivity contribution in [3.8, 4) is 0 Å². The Hall–Kier alpha value is -2.64. The molecule has 2 rings (SSSR count). The molecule has 0 saturated carbocycles. The smallest absolute Gasteiger partial charge is 0.338 e. The van der Waals surface area contributed by atoms with Crippen molar-refractivity contribution < 1.29 is 19.2 Å². The molecule has 0 heterocycles. The maximum atomic E-state index is 11.8. The molecule has 0 fully saturated rings. The van der Waals surface area contributed by atoms with E-state index in [0.717, 1.165) is 6.07 Å². The van der Waals surface area contributed by atoms with E-state index in [1.165, 1.54) is 24.3 Å². The molecular formula is C15H10Cl2N2O5. The van der Waals surface area contributed by atoms with Crippen LogP contribution in [0.4, 0.5) is 11.4 Å². The quantitative estimate of drug-likeness (QED) is 0.492. The van der Waals surface area contributed by atoms with Gasteiger partial charge in [0, 0.05) is 16.1 Å². The molecule has 0 aromatic heterocycles. The van der Waals surface area contributed by atoms with Gasteiger partial charge in [0.15, 0.2) is 6.61 Å². The summed E-state index contributed by atoms with van der Waals surface area (Å²) in [5.74, 6) is -1.46. The van der Waals surface area contributed by atoms with Crippen molar-refractivity contribution in [1.82, 2.24) is 0 Å². The number of nitrogens with one attached hydrogen (secondary N) is 1. The van der Waals surface area contributed by atoms with Crippen molar-refractivity contribution in [1.29, 1.82) is 0 Å². The zero-order valence-corrected chi connectivity index (χ0v) is 13.5. The minimum atomic E-state index is -0.738. The second-order valence-corrected chi connectivity index (χ2v) is 5.43. The van der Waals surface area contributed by atoms with E-state index in [9.17, 15) is 19.7 Å². The lowest BCUT2D eigenvalue weighted by atomic mass is 10.2. The summed E-state index contributed by atoms with van der Waals surface area (Å²) in [6, 6.07) is 9.82. The number of ether oxygens (including phenoxy) is 1. The number of esters is 1. The molecule has 2 aromatic carbocycles. The summed E-state index contributed by atoms with van der Waals surface area (Å²) in [6.45, 7) is -0.606. The molecule has 0 unspecified atom stereocenters. The number of hydrogen-bond acceptors (Lipinski definition) is 5. The normalized spacial score (nSPS) is 10.1. The van der Waals surface area contributed by atoms with Crippen LogP contribution in [0, 0.1) is 10.1 Å². The van der Waals surface area contributed by atoms with Gasteiger partial charge in [0.1, 0.15) is 5.69 Å². The van der Waals surface area contributed by atoms with E-state index >= 15 is 0 Å². The molecule has 0 saturated heterocycles. The Morgan fingerprint density at radius 2 is 1.83 bits per heavy atom. The summed E-state index contributed by atoms with van der Waals surface area (Å²) in [7, 11) is 0. The van der Waals surface area contributed by atoms with Gasteiger partial charge in [-0.05, 0) is 30.3 Å². The highest BCUT2D eigenvalue weighted by molar-refractivity contribution is 6.31. The topological polar surface area (TPSA) is 98.5 Å². The Labute approximate surface area is 146 Å². The number of anilines is 1. The van der Waals surface area contributed by atoms with Crippen molar-refractivity contribution >= 4 is 46.5 Å². The van der Waals surface area contributed by atoms with E-state index in [-0.39, 0.29) is 22.0 Å². The Balaban J connectivity index is 1.99. The lowest BCUT2D eigenvalue weighted by Gasteiger charge is -2.07. The highest BCUT2D eigenvalue weighted by atomic mass is 35.5. The summed E-state index contributed by atoms with van der Waals surface area (Å²) >= 11 is 11.4. The van der Waals surface area contributed by atoms with Gasteiger partial charge >= 0.3 is 5.97 Å². The lowest BCUT2D eigenvalue weighted by molar-refractivity contribution is -0.383. The first-order valence-corrected chi connectivity index (χ1v) is 7.29. The minimum absolute atomic E-state index is 0.0480. The predicted octanol–water partition coefficient (Wildman–Crippen LogP) is 3.70. The van der Waals surface area contributed by atoms with Gasteiger partial charge in [-0.15, -0.1) is 0 Å². The van der Waals surface area contributed by atoms with Crippen LogP contribution in [0.25, 0.3) is 0 Å². The minimum Gasteiger partial charge on any atom is -0.452 e. The fraction of sp³-hybridized carbons (Fsp3) is 0.0667. The number of amides is 1. The van der Waals surface area contributed by atoms with Crippen LogP contribution in [-0.2, 0) is 9.53 Å². The Morgan fingerprint density at radius 1 is 1.12 bits per heavy atom.